The SMILES string of the molecule is CCCn1ccc2c(C(=O)O)cc(Br)cc21. The maximum atomic E-state index is 11.1. The summed E-state index contributed by atoms with van der Waals surface area (Å²) in [5.41, 5.74) is 1.31. The minimum atomic E-state index is -0.888. The lowest BCUT2D eigenvalue weighted by atomic mass is 10.1. The van der Waals surface area contributed by atoms with Crippen molar-refractivity contribution in [3.8, 4) is 0 Å². The summed E-state index contributed by atoms with van der Waals surface area (Å²) in [6.45, 7) is 3.00. The van der Waals surface area contributed by atoms with Gasteiger partial charge in [0, 0.05) is 28.1 Å². The van der Waals surface area contributed by atoms with Crippen LogP contribution in [0.1, 0.15) is 23.7 Å². The minimum absolute atomic E-state index is 0.347. The fraction of sp³-hybridized carbons (Fsp3) is 0.250. The summed E-state index contributed by atoms with van der Waals surface area (Å²) >= 11 is 3.34. The van der Waals surface area contributed by atoms with Crippen LogP contribution in [-0.2, 0) is 6.54 Å². The van der Waals surface area contributed by atoms with Crippen molar-refractivity contribution < 1.29 is 9.90 Å². The van der Waals surface area contributed by atoms with Crippen molar-refractivity contribution in [2.75, 3.05) is 0 Å². The lowest BCUT2D eigenvalue weighted by Gasteiger charge is -2.05. The third kappa shape index (κ3) is 1.85. The van der Waals surface area contributed by atoms with Crippen molar-refractivity contribution in [1.82, 2.24) is 4.57 Å². The summed E-state index contributed by atoms with van der Waals surface area (Å²) in [6.07, 6.45) is 2.96. The predicted octanol–water partition coefficient (Wildman–Crippen LogP) is 3.51. The quantitative estimate of drug-likeness (QED) is 0.936. The van der Waals surface area contributed by atoms with E-state index >= 15 is 0 Å². The van der Waals surface area contributed by atoms with Gasteiger partial charge in [-0.3, -0.25) is 0 Å². The molecule has 4 heteroatoms. The summed E-state index contributed by atoms with van der Waals surface area (Å²) in [5.74, 6) is -0.888. The van der Waals surface area contributed by atoms with E-state index in [1.807, 2.05) is 18.3 Å². The number of carboxylic acids is 1. The van der Waals surface area contributed by atoms with Crippen LogP contribution >= 0.6 is 15.9 Å². The normalized spacial score (nSPS) is 10.9. The Morgan fingerprint density at radius 2 is 2.25 bits per heavy atom. The second-order valence-electron chi connectivity index (χ2n) is 3.70. The number of carboxylic acid groups (broad SMARTS) is 1. The van der Waals surface area contributed by atoms with Gasteiger partial charge in [-0.05, 0) is 24.6 Å². The number of aryl methyl sites for hydroxylation is 1. The molecule has 0 aliphatic carbocycles. The fourth-order valence-corrected chi connectivity index (χ4v) is 2.32. The van der Waals surface area contributed by atoms with Crippen LogP contribution in [0.2, 0.25) is 0 Å². The average molecular weight is 282 g/mol. The van der Waals surface area contributed by atoms with Gasteiger partial charge in [0.1, 0.15) is 0 Å². The van der Waals surface area contributed by atoms with E-state index in [0.717, 1.165) is 28.3 Å². The molecule has 0 spiro atoms. The average Bonchev–Trinajstić information content (AvgIpc) is 2.61. The smallest absolute Gasteiger partial charge is 0.336 e. The monoisotopic (exact) mass is 281 g/mol. The maximum absolute atomic E-state index is 11.1. The van der Waals surface area contributed by atoms with Gasteiger partial charge in [0.05, 0.1) is 5.56 Å². The van der Waals surface area contributed by atoms with Crippen LogP contribution in [0.5, 0.6) is 0 Å². The molecule has 84 valence electrons. The van der Waals surface area contributed by atoms with Gasteiger partial charge in [-0.2, -0.15) is 0 Å². The van der Waals surface area contributed by atoms with E-state index in [4.69, 9.17) is 5.11 Å². The lowest BCUT2D eigenvalue weighted by molar-refractivity contribution is 0.0699. The van der Waals surface area contributed by atoms with E-state index in [2.05, 4.69) is 27.4 Å². The summed E-state index contributed by atoms with van der Waals surface area (Å²) in [7, 11) is 0. The highest BCUT2D eigenvalue weighted by molar-refractivity contribution is 9.10. The Morgan fingerprint density at radius 3 is 2.88 bits per heavy atom. The van der Waals surface area contributed by atoms with E-state index in [-0.39, 0.29) is 0 Å². The minimum Gasteiger partial charge on any atom is -0.478 e. The predicted molar refractivity (Wildman–Crippen MR) is 66.9 cm³/mol. The first-order chi connectivity index (χ1) is 7.63. The Bertz CT molecular complexity index is 545. The number of carbonyl (C=O) groups is 1. The van der Waals surface area contributed by atoms with Gasteiger partial charge in [-0.25, -0.2) is 4.79 Å². The third-order valence-corrected chi connectivity index (χ3v) is 3.01. The fourth-order valence-electron chi connectivity index (χ4n) is 1.87. The second-order valence-corrected chi connectivity index (χ2v) is 4.62. The molecule has 3 nitrogen and oxygen atoms in total. The molecular weight excluding hydrogens is 270 g/mol. The standard InChI is InChI=1S/C12H12BrNO2/c1-2-4-14-5-3-9-10(12(15)16)6-8(13)7-11(9)14/h3,5-7H,2,4H2,1H3,(H,15,16). The highest BCUT2D eigenvalue weighted by Crippen LogP contribution is 2.25. The molecule has 0 fully saturated rings. The molecule has 0 saturated carbocycles. The van der Waals surface area contributed by atoms with E-state index in [1.165, 1.54) is 0 Å². The molecule has 0 aliphatic heterocycles. The van der Waals surface area contributed by atoms with E-state index in [1.54, 1.807) is 6.07 Å². The number of fused-ring (bicyclic) bond motifs is 1. The van der Waals surface area contributed by atoms with E-state index in [9.17, 15) is 4.79 Å². The van der Waals surface area contributed by atoms with Crippen molar-refractivity contribution in [2.24, 2.45) is 0 Å². The summed E-state index contributed by atoms with van der Waals surface area (Å²) < 4.78 is 2.88. The highest BCUT2D eigenvalue weighted by Gasteiger charge is 2.12. The molecule has 0 aliphatic rings. The van der Waals surface area contributed by atoms with Gasteiger partial charge in [-0.1, -0.05) is 22.9 Å². The number of hydrogen-bond donors (Lipinski definition) is 1. The first-order valence-corrected chi connectivity index (χ1v) is 5.94. The van der Waals surface area contributed by atoms with Crippen LogP contribution in [0.4, 0.5) is 0 Å². The number of aromatic nitrogens is 1. The molecule has 0 amide bonds. The van der Waals surface area contributed by atoms with Gasteiger partial charge < -0.3 is 9.67 Å². The molecule has 1 aromatic heterocycles. The zero-order chi connectivity index (χ0) is 11.7. The summed E-state index contributed by atoms with van der Waals surface area (Å²) in [5, 5.41) is 9.91. The molecule has 0 unspecified atom stereocenters. The molecule has 0 atom stereocenters. The topological polar surface area (TPSA) is 42.2 Å². The first kappa shape index (κ1) is 11.2. The highest BCUT2D eigenvalue weighted by atomic mass is 79.9. The second kappa shape index (κ2) is 4.29. The summed E-state index contributed by atoms with van der Waals surface area (Å²) in [6, 6.07) is 5.46. The van der Waals surface area contributed by atoms with Crippen molar-refractivity contribution in [1.29, 1.82) is 0 Å². The molecule has 1 N–H and O–H groups in total. The lowest BCUT2D eigenvalue weighted by Crippen LogP contribution is -1.99. The summed E-state index contributed by atoms with van der Waals surface area (Å²) in [4.78, 5) is 11.1. The molecule has 2 rings (SSSR count). The molecule has 0 saturated heterocycles. The number of aromatic carboxylic acids is 1. The van der Waals surface area contributed by atoms with Crippen LogP contribution in [0.25, 0.3) is 10.9 Å². The van der Waals surface area contributed by atoms with Gasteiger partial charge in [0.2, 0.25) is 0 Å². The molecule has 1 heterocycles. The zero-order valence-electron chi connectivity index (χ0n) is 8.90. The Morgan fingerprint density at radius 1 is 1.50 bits per heavy atom. The maximum Gasteiger partial charge on any atom is 0.336 e. The number of nitrogens with zero attached hydrogens (tertiary/aromatic N) is 1. The van der Waals surface area contributed by atoms with Crippen molar-refractivity contribution in [3.05, 3.63) is 34.4 Å². The Labute approximate surface area is 102 Å². The van der Waals surface area contributed by atoms with Crippen LogP contribution in [0.3, 0.4) is 0 Å². The molecule has 0 radical (unpaired) electrons. The van der Waals surface area contributed by atoms with Gasteiger partial charge in [0.15, 0.2) is 0 Å². The first-order valence-electron chi connectivity index (χ1n) is 5.15. The van der Waals surface area contributed by atoms with Crippen molar-refractivity contribution in [3.63, 3.8) is 0 Å². The van der Waals surface area contributed by atoms with Crippen LogP contribution in [0.15, 0.2) is 28.9 Å². The molecule has 2 aromatic rings. The zero-order valence-corrected chi connectivity index (χ0v) is 10.5. The van der Waals surface area contributed by atoms with Crippen molar-refractivity contribution in [2.45, 2.75) is 19.9 Å². The van der Waals surface area contributed by atoms with E-state index in [0.29, 0.717) is 5.56 Å². The number of hydrogen-bond acceptors (Lipinski definition) is 1. The third-order valence-electron chi connectivity index (χ3n) is 2.55. The van der Waals surface area contributed by atoms with Gasteiger partial charge >= 0.3 is 5.97 Å². The number of rotatable bonds is 3. The van der Waals surface area contributed by atoms with Gasteiger partial charge in [0.25, 0.3) is 0 Å². The number of benzene rings is 1. The van der Waals surface area contributed by atoms with E-state index < -0.39 is 5.97 Å². The Kier molecular flexibility index (Phi) is 3.01. The van der Waals surface area contributed by atoms with Crippen LogP contribution in [0, 0.1) is 0 Å². The van der Waals surface area contributed by atoms with Gasteiger partial charge in [-0.15, -0.1) is 0 Å². The van der Waals surface area contributed by atoms with Crippen LogP contribution in [-0.4, -0.2) is 15.6 Å². The Balaban J connectivity index is 2.70. The van der Waals surface area contributed by atoms with Crippen molar-refractivity contribution >= 4 is 32.8 Å². The Hall–Kier alpha value is -1.29. The van der Waals surface area contributed by atoms with Crippen LogP contribution < -0.4 is 0 Å². The molecule has 16 heavy (non-hydrogen) atoms. The molecule has 1 aromatic carbocycles. The molecule has 0 bridgehead atoms. The molecular formula is C12H12BrNO2. The largest absolute Gasteiger partial charge is 0.478 e. The number of halogens is 1.